The minimum atomic E-state index is 0.246. The fourth-order valence-electron chi connectivity index (χ4n) is 3.36. The van der Waals surface area contributed by atoms with Gasteiger partial charge >= 0.3 is 0 Å². The van der Waals surface area contributed by atoms with Crippen LogP contribution in [0.25, 0.3) is 0 Å². The van der Waals surface area contributed by atoms with E-state index in [0.717, 1.165) is 18.7 Å². The molecule has 21 heavy (non-hydrogen) atoms. The van der Waals surface area contributed by atoms with E-state index in [2.05, 4.69) is 44.1 Å². The van der Waals surface area contributed by atoms with Crippen LogP contribution in [0.3, 0.4) is 0 Å². The molecule has 118 valence electrons. The first-order chi connectivity index (χ1) is 10.1. The van der Waals surface area contributed by atoms with Crippen molar-refractivity contribution in [2.45, 2.75) is 52.4 Å². The molecule has 0 aromatic carbocycles. The Kier molecular flexibility index (Phi) is 5.59. The van der Waals surface area contributed by atoms with Crippen molar-refractivity contribution in [3.05, 3.63) is 24.0 Å². The Morgan fingerprint density at radius 1 is 1.29 bits per heavy atom. The molecule has 1 aliphatic rings. The molecule has 0 aliphatic carbocycles. The fraction of sp³-hybridized carbons (Fsp3) is 0.706. The average molecular weight is 292 g/mol. The maximum absolute atomic E-state index is 6.03. The minimum absolute atomic E-state index is 0.246. The zero-order valence-electron chi connectivity index (χ0n) is 13.8. The number of nitrogens with one attached hydrogen (secondary N) is 1. The molecule has 0 amide bonds. The summed E-state index contributed by atoms with van der Waals surface area (Å²) in [6.07, 6.45) is 5.35. The van der Waals surface area contributed by atoms with E-state index < -0.39 is 0 Å². The minimum Gasteiger partial charge on any atom is -0.495 e. The van der Waals surface area contributed by atoms with Crippen molar-refractivity contribution in [1.29, 1.82) is 0 Å². The number of pyridine rings is 1. The van der Waals surface area contributed by atoms with Crippen LogP contribution < -0.4 is 10.1 Å². The molecule has 5 unspecified atom stereocenters. The van der Waals surface area contributed by atoms with E-state index in [-0.39, 0.29) is 12.1 Å². The second kappa shape index (κ2) is 7.23. The molecule has 0 saturated carbocycles. The summed E-state index contributed by atoms with van der Waals surface area (Å²) in [6, 6.07) is 2.34. The van der Waals surface area contributed by atoms with E-state index in [0.29, 0.717) is 17.9 Å². The van der Waals surface area contributed by atoms with E-state index in [9.17, 15) is 0 Å². The molecule has 1 aromatic heterocycles. The van der Waals surface area contributed by atoms with Gasteiger partial charge in [-0.1, -0.05) is 13.8 Å². The van der Waals surface area contributed by atoms with Crippen LogP contribution in [-0.4, -0.2) is 30.8 Å². The van der Waals surface area contributed by atoms with Gasteiger partial charge in [0, 0.05) is 18.2 Å². The first-order valence-electron chi connectivity index (χ1n) is 7.96. The van der Waals surface area contributed by atoms with Gasteiger partial charge in [0.1, 0.15) is 5.75 Å². The third kappa shape index (κ3) is 3.55. The summed E-state index contributed by atoms with van der Waals surface area (Å²) >= 11 is 0. The van der Waals surface area contributed by atoms with E-state index in [1.54, 1.807) is 13.3 Å². The van der Waals surface area contributed by atoms with Crippen LogP contribution in [0, 0.1) is 11.8 Å². The monoisotopic (exact) mass is 292 g/mol. The highest BCUT2D eigenvalue weighted by Crippen LogP contribution is 2.40. The summed E-state index contributed by atoms with van der Waals surface area (Å²) in [4.78, 5) is 4.32. The molecule has 4 nitrogen and oxygen atoms in total. The van der Waals surface area contributed by atoms with Crippen LogP contribution in [0.1, 0.15) is 45.7 Å². The molecule has 0 bridgehead atoms. The molecule has 2 rings (SSSR count). The van der Waals surface area contributed by atoms with Crippen molar-refractivity contribution < 1.29 is 9.47 Å². The van der Waals surface area contributed by atoms with Crippen LogP contribution in [0.15, 0.2) is 18.5 Å². The maximum Gasteiger partial charge on any atom is 0.137 e. The number of rotatable bonds is 6. The molecule has 0 spiro atoms. The summed E-state index contributed by atoms with van der Waals surface area (Å²) in [6.45, 7) is 9.81. The molecule has 1 saturated heterocycles. The van der Waals surface area contributed by atoms with Gasteiger partial charge in [-0.3, -0.25) is 4.98 Å². The maximum atomic E-state index is 6.03. The van der Waals surface area contributed by atoms with Crippen LogP contribution in [-0.2, 0) is 4.74 Å². The molecular weight excluding hydrogens is 264 g/mol. The van der Waals surface area contributed by atoms with Gasteiger partial charge in [-0.25, -0.2) is 0 Å². The molecule has 4 heteroatoms. The number of hydrogen-bond acceptors (Lipinski definition) is 4. The Labute approximate surface area is 128 Å². The van der Waals surface area contributed by atoms with Gasteiger partial charge in [0.25, 0.3) is 0 Å². The second-order valence-electron chi connectivity index (χ2n) is 6.07. The number of ether oxygens (including phenoxy) is 2. The first-order valence-corrected chi connectivity index (χ1v) is 7.96. The van der Waals surface area contributed by atoms with Crippen LogP contribution >= 0.6 is 0 Å². The molecule has 1 aliphatic heterocycles. The zero-order valence-corrected chi connectivity index (χ0v) is 13.8. The number of nitrogens with zero attached hydrogens (tertiary/aromatic N) is 1. The second-order valence-corrected chi connectivity index (χ2v) is 6.07. The molecule has 1 N–H and O–H groups in total. The fourth-order valence-corrected chi connectivity index (χ4v) is 3.36. The lowest BCUT2D eigenvalue weighted by atomic mass is 9.80. The Bertz CT molecular complexity index is 452. The predicted octanol–water partition coefficient (Wildman–Crippen LogP) is 3.19. The van der Waals surface area contributed by atoms with Crippen LogP contribution in [0.4, 0.5) is 0 Å². The van der Waals surface area contributed by atoms with Gasteiger partial charge in [0.2, 0.25) is 0 Å². The summed E-state index contributed by atoms with van der Waals surface area (Å²) in [7, 11) is 1.68. The summed E-state index contributed by atoms with van der Waals surface area (Å²) < 4.78 is 11.4. The lowest BCUT2D eigenvalue weighted by Crippen LogP contribution is -2.35. The SMILES string of the molecule is CCCNC(c1cncc(OC)c1)C1C(C)OC(C)C1C. The number of methoxy groups -OCH3 is 1. The van der Waals surface area contributed by atoms with Crippen molar-refractivity contribution in [3.63, 3.8) is 0 Å². The average Bonchev–Trinajstić information content (AvgIpc) is 2.74. The van der Waals surface area contributed by atoms with Gasteiger partial charge < -0.3 is 14.8 Å². The molecule has 0 radical (unpaired) electrons. The normalized spacial score (nSPS) is 30.3. The van der Waals surface area contributed by atoms with Crippen molar-refractivity contribution in [3.8, 4) is 5.75 Å². The van der Waals surface area contributed by atoms with E-state index in [1.165, 1.54) is 5.56 Å². The third-order valence-corrected chi connectivity index (χ3v) is 4.65. The van der Waals surface area contributed by atoms with Crippen LogP contribution in [0.5, 0.6) is 5.75 Å². The van der Waals surface area contributed by atoms with Gasteiger partial charge in [0.15, 0.2) is 0 Å². The summed E-state index contributed by atoms with van der Waals surface area (Å²) in [5, 5.41) is 3.68. The van der Waals surface area contributed by atoms with E-state index in [1.807, 2.05) is 6.20 Å². The number of hydrogen-bond donors (Lipinski definition) is 1. The Hall–Kier alpha value is -1.13. The Morgan fingerprint density at radius 2 is 2.05 bits per heavy atom. The van der Waals surface area contributed by atoms with Crippen molar-refractivity contribution in [2.75, 3.05) is 13.7 Å². The van der Waals surface area contributed by atoms with Crippen molar-refractivity contribution >= 4 is 0 Å². The van der Waals surface area contributed by atoms with E-state index in [4.69, 9.17) is 9.47 Å². The quantitative estimate of drug-likeness (QED) is 0.874. The van der Waals surface area contributed by atoms with Crippen molar-refractivity contribution in [2.24, 2.45) is 11.8 Å². The smallest absolute Gasteiger partial charge is 0.137 e. The number of aromatic nitrogens is 1. The Balaban J connectivity index is 2.29. The molecule has 1 aromatic rings. The zero-order chi connectivity index (χ0) is 15.4. The Morgan fingerprint density at radius 3 is 2.62 bits per heavy atom. The topological polar surface area (TPSA) is 43.4 Å². The first kappa shape index (κ1) is 16.2. The van der Waals surface area contributed by atoms with Gasteiger partial charge in [-0.2, -0.15) is 0 Å². The van der Waals surface area contributed by atoms with Gasteiger partial charge in [-0.15, -0.1) is 0 Å². The lowest BCUT2D eigenvalue weighted by molar-refractivity contribution is 0.0475. The molecule has 2 heterocycles. The van der Waals surface area contributed by atoms with E-state index >= 15 is 0 Å². The lowest BCUT2D eigenvalue weighted by Gasteiger charge is -2.30. The largest absolute Gasteiger partial charge is 0.495 e. The molecule has 1 fully saturated rings. The van der Waals surface area contributed by atoms with Gasteiger partial charge in [-0.05, 0) is 44.4 Å². The molecule has 5 atom stereocenters. The third-order valence-electron chi connectivity index (χ3n) is 4.65. The summed E-state index contributed by atoms with van der Waals surface area (Å²) in [5.41, 5.74) is 1.18. The van der Waals surface area contributed by atoms with Crippen molar-refractivity contribution in [1.82, 2.24) is 10.3 Å². The van der Waals surface area contributed by atoms with Gasteiger partial charge in [0.05, 0.1) is 25.5 Å². The standard InChI is InChI=1S/C17H28N2O2/c1-6-7-19-17(14-8-15(20-5)10-18-9-14)16-11(2)12(3)21-13(16)4/h8-13,16-17,19H,6-7H2,1-5H3. The highest BCUT2D eigenvalue weighted by atomic mass is 16.5. The molecular formula is C17H28N2O2. The predicted molar refractivity (Wildman–Crippen MR) is 84.5 cm³/mol. The summed E-state index contributed by atoms with van der Waals surface area (Å²) in [5.74, 6) is 1.77. The highest BCUT2D eigenvalue weighted by molar-refractivity contribution is 5.27. The van der Waals surface area contributed by atoms with Crippen LogP contribution in [0.2, 0.25) is 0 Å². The highest BCUT2D eigenvalue weighted by Gasteiger charge is 2.42.